The number of phenols is 1. The van der Waals surface area contributed by atoms with Crippen molar-refractivity contribution in [2.24, 2.45) is 0 Å². The zero-order valence-electron chi connectivity index (χ0n) is 13.4. The van der Waals surface area contributed by atoms with Crippen LogP contribution in [-0.2, 0) is 0 Å². The first kappa shape index (κ1) is 17.6. The number of aromatic hydroxyl groups is 1. The molecule has 116 valence electrons. The summed E-state index contributed by atoms with van der Waals surface area (Å²) in [6, 6.07) is 7.74. The van der Waals surface area contributed by atoms with Crippen molar-refractivity contribution in [3.05, 3.63) is 54.6 Å². The molecule has 1 aromatic carbocycles. The summed E-state index contributed by atoms with van der Waals surface area (Å²) in [6.07, 6.45) is 16.1. The predicted molar refractivity (Wildman–Crippen MR) is 92.8 cm³/mol. The molecule has 0 heterocycles. The number of para-hydroxylation sites is 1. The van der Waals surface area contributed by atoms with Gasteiger partial charge in [0.1, 0.15) is 5.75 Å². The second-order valence-corrected chi connectivity index (χ2v) is 5.66. The maximum Gasteiger partial charge on any atom is 0.119 e. The Bertz CT molecular complexity index is 420. The molecule has 21 heavy (non-hydrogen) atoms. The van der Waals surface area contributed by atoms with Crippen molar-refractivity contribution in [2.45, 2.75) is 64.2 Å². The molecule has 0 saturated carbocycles. The summed E-state index contributed by atoms with van der Waals surface area (Å²) in [4.78, 5) is 0. The van der Waals surface area contributed by atoms with Gasteiger partial charge in [0.25, 0.3) is 0 Å². The molecule has 1 N–H and O–H groups in total. The van der Waals surface area contributed by atoms with Crippen molar-refractivity contribution in [1.82, 2.24) is 0 Å². The summed E-state index contributed by atoms with van der Waals surface area (Å²) in [5.74, 6) is 0.771. The van der Waals surface area contributed by atoms with Crippen molar-refractivity contribution in [3.8, 4) is 5.75 Å². The van der Waals surface area contributed by atoms with E-state index >= 15 is 0 Å². The lowest BCUT2D eigenvalue weighted by Gasteiger charge is -2.15. The third-order valence-electron chi connectivity index (χ3n) is 3.83. The minimum Gasteiger partial charge on any atom is -0.508 e. The monoisotopic (exact) mass is 286 g/mol. The molecule has 1 nitrogen and oxygen atoms in total. The van der Waals surface area contributed by atoms with E-state index in [1.165, 1.54) is 32.1 Å². The Balaban J connectivity index is 2.53. The maximum atomic E-state index is 10.1. The highest BCUT2D eigenvalue weighted by molar-refractivity contribution is 5.37. The smallest absolute Gasteiger partial charge is 0.119 e. The standard InChI is InChI=1S/C20H30O/c1-3-5-7-8-9-11-15-18(14-10-6-4-2)19-16-12-13-17-20(19)21/h3,10,12-14,16-18,21H,1,4-9,11,15H2,2H3/b14-10-. The molecule has 0 radical (unpaired) electrons. The van der Waals surface area contributed by atoms with Crippen molar-refractivity contribution in [1.29, 1.82) is 0 Å². The van der Waals surface area contributed by atoms with Gasteiger partial charge < -0.3 is 5.11 Å². The van der Waals surface area contributed by atoms with Gasteiger partial charge in [0.05, 0.1) is 0 Å². The van der Waals surface area contributed by atoms with Gasteiger partial charge in [-0.05, 0) is 31.7 Å². The van der Waals surface area contributed by atoms with Gasteiger partial charge in [-0.1, -0.05) is 69.0 Å². The molecule has 0 fully saturated rings. The molecule has 1 heteroatoms. The van der Waals surface area contributed by atoms with Crippen molar-refractivity contribution in [3.63, 3.8) is 0 Å². The molecule has 0 aliphatic carbocycles. The Morgan fingerprint density at radius 3 is 2.57 bits per heavy atom. The lowest BCUT2D eigenvalue weighted by Crippen LogP contribution is -1.96. The first-order valence-corrected chi connectivity index (χ1v) is 8.35. The summed E-state index contributed by atoms with van der Waals surface area (Å²) >= 11 is 0. The van der Waals surface area contributed by atoms with E-state index in [9.17, 15) is 5.11 Å². The zero-order valence-corrected chi connectivity index (χ0v) is 13.4. The van der Waals surface area contributed by atoms with Gasteiger partial charge in [0.2, 0.25) is 0 Å². The number of hydrogen-bond donors (Lipinski definition) is 1. The van der Waals surface area contributed by atoms with E-state index < -0.39 is 0 Å². The van der Waals surface area contributed by atoms with Crippen molar-refractivity contribution >= 4 is 0 Å². The van der Waals surface area contributed by atoms with Crippen LogP contribution in [0, 0.1) is 0 Å². The van der Waals surface area contributed by atoms with Crippen LogP contribution in [0.15, 0.2) is 49.1 Å². The lowest BCUT2D eigenvalue weighted by atomic mass is 9.91. The van der Waals surface area contributed by atoms with Gasteiger partial charge in [-0.25, -0.2) is 0 Å². The molecule has 1 aromatic rings. The van der Waals surface area contributed by atoms with Crippen LogP contribution in [0.1, 0.15) is 69.8 Å². The van der Waals surface area contributed by atoms with Crippen molar-refractivity contribution < 1.29 is 5.11 Å². The Kier molecular flexibility index (Phi) is 9.35. The predicted octanol–water partition coefficient (Wildman–Crippen LogP) is 6.36. The average molecular weight is 286 g/mol. The topological polar surface area (TPSA) is 20.2 Å². The molecule has 1 rings (SSSR count). The Morgan fingerprint density at radius 1 is 1.10 bits per heavy atom. The van der Waals surface area contributed by atoms with E-state index in [1.54, 1.807) is 6.07 Å². The number of phenolic OH excluding ortho intramolecular Hbond substituents is 1. The van der Waals surface area contributed by atoms with Crippen LogP contribution in [0.25, 0.3) is 0 Å². The second kappa shape index (κ2) is 11.2. The first-order chi connectivity index (χ1) is 10.3. The van der Waals surface area contributed by atoms with Gasteiger partial charge in [-0.15, -0.1) is 6.58 Å². The first-order valence-electron chi connectivity index (χ1n) is 8.35. The number of hydrogen-bond acceptors (Lipinski definition) is 1. The summed E-state index contributed by atoms with van der Waals surface area (Å²) < 4.78 is 0. The molecule has 0 aromatic heterocycles. The SMILES string of the molecule is C=CCCCCCCC(/C=C\CCC)c1ccccc1O. The molecule has 0 saturated heterocycles. The Morgan fingerprint density at radius 2 is 1.86 bits per heavy atom. The fourth-order valence-electron chi connectivity index (χ4n) is 2.59. The minimum atomic E-state index is 0.345. The van der Waals surface area contributed by atoms with E-state index in [0.717, 1.165) is 24.8 Å². The molecule has 0 spiro atoms. The number of benzene rings is 1. The fourth-order valence-corrected chi connectivity index (χ4v) is 2.59. The van der Waals surface area contributed by atoms with Gasteiger partial charge in [0, 0.05) is 11.5 Å². The molecule has 0 amide bonds. The highest BCUT2D eigenvalue weighted by Crippen LogP contribution is 2.31. The maximum absolute atomic E-state index is 10.1. The van der Waals surface area contributed by atoms with Crippen LogP contribution in [0.4, 0.5) is 0 Å². The van der Waals surface area contributed by atoms with Gasteiger partial charge in [0.15, 0.2) is 0 Å². The van der Waals surface area contributed by atoms with E-state index in [1.807, 2.05) is 24.3 Å². The van der Waals surface area contributed by atoms with E-state index in [2.05, 4.69) is 25.7 Å². The van der Waals surface area contributed by atoms with Crippen LogP contribution in [0.3, 0.4) is 0 Å². The van der Waals surface area contributed by atoms with Crippen LogP contribution in [0.5, 0.6) is 5.75 Å². The molecule has 0 bridgehead atoms. The average Bonchev–Trinajstić information content (AvgIpc) is 2.50. The van der Waals surface area contributed by atoms with E-state index in [-0.39, 0.29) is 0 Å². The second-order valence-electron chi connectivity index (χ2n) is 5.66. The Hall–Kier alpha value is -1.50. The summed E-state index contributed by atoms with van der Waals surface area (Å²) in [5, 5.41) is 10.1. The highest BCUT2D eigenvalue weighted by Gasteiger charge is 2.11. The van der Waals surface area contributed by atoms with Crippen LogP contribution in [0.2, 0.25) is 0 Å². The van der Waals surface area contributed by atoms with Crippen molar-refractivity contribution in [2.75, 3.05) is 0 Å². The molecular weight excluding hydrogens is 256 g/mol. The third kappa shape index (κ3) is 7.17. The molecule has 1 unspecified atom stereocenters. The summed E-state index contributed by atoms with van der Waals surface area (Å²) in [6.45, 7) is 5.95. The largest absolute Gasteiger partial charge is 0.508 e. The Labute approximate surface area is 130 Å². The molecule has 1 atom stereocenters. The van der Waals surface area contributed by atoms with Gasteiger partial charge >= 0.3 is 0 Å². The molecular formula is C20H30O. The van der Waals surface area contributed by atoms with Crippen LogP contribution in [-0.4, -0.2) is 5.11 Å². The van der Waals surface area contributed by atoms with Gasteiger partial charge in [-0.3, -0.25) is 0 Å². The fraction of sp³-hybridized carbons (Fsp3) is 0.500. The quantitative estimate of drug-likeness (QED) is 0.371. The van der Waals surface area contributed by atoms with Gasteiger partial charge in [-0.2, -0.15) is 0 Å². The van der Waals surface area contributed by atoms with Crippen LogP contribution >= 0.6 is 0 Å². The van der Waals surface area contributed by atoms with E-state index in [4.69, 9.17) is 0 Å². The lowest BCUT2D eigenvalue weighted by molar-refractivity contribution is 0.461. The number of unbranched alkanes of at least 4 members (excludes halogenated alkanes) is 5. The summed E-state index contributed by atoms with van der Waals surface area (Å²) in [5.41, 5.74) is 1.07. The highest BCUT2D eigenvalue weighted by atomic mass is 16.3. The number of allylic oxidation sites excluding steroid dienone is 3. The minimum absolute atomic E-state index is 0.345. The zero-order chi connectivity index (χ0) is 15.3. The normalized spacial score (nSPS) is 12.6. The van der Waals surface area contributed by atoms with E-state index in [0.29, 0.717) is 11.7 Å². The molecule has 0 aliphatic rings. The molecule has 0 aliphatic heterocycles. The summed E-state index contributed by atoms with van der Waals surface area (Å²) in [7, 11) is 0. The van der Waals surface area contributed by atoms with Crippen LogP contribution < -0.4 is 0 Å². The third-order valence-corrected chi connectivity index (χ3v) is 3.83. The number of rotatable bonds is 11.